The van der Waals surface area contributed by atoms with Gasteiger partial charge in [0.05, 0.1) is 6.61 Å². The van der Waals surface area contributed by atoms with Crippen LogP contribution in [-0.2, 0) is 4.79 Å². The third kappa shape index (κ3) is 5.04. The van der Waals surface area contributed by atoms with E-state index in [0.717, 1.165) is 16.1 Å². The predicted molar refractivity (Wildman–Crippen MR) is 71.1 cm³/mol. The first kappa shape index (κ1) is 13.8. The van der Waals surface area contributed by atoms with Gasteiger partial charge in [0.2, 0.25) is 0 Å². The summed E-state index contributed by atoms with van der Waals surface area (Å²) < 4.78 is 6.51. The fraction of sp³-hybridized carbons (Fsp3) is 0.308. The summed E-state index contributed by atoms with van der Waals surface area (Å²) in [6.45, 7) is 4.73. The number of carbonyl (C=O) groups is 1. The number of ether oxygens (including phenoxy) is 1. The van der Waals surface area contributed by atoms with E-state index in [1.165, 1.54) is 6.08 Å². The highest BCUT2D eigenvalue weighted by Crippen LogP contribution is 2.25. The summed E-state index contributed by atoms with van der Waals surface area (Å²) in [4.78, 5) is 10.5. The van der Waals surface area contributed by atoms with Gasteiger partial charge in [0.25, 0.3) is 0 Å². The summed E-state index contributed by atoms with van der Waals surface area (Å²) >= 11 is 3.35. The molecule has 0 bridgehead atoms. The van der Waals surface area contributed by atoms with E-state index < -0.39 is 5.97 Å². The van der Waals surface area contributed by atoms with E-state index in [1.807, 2.05) is 18.2 Å². The molecule has 0 atom stereocenters. The third-order valence-electron chi connectivity index (χ3n) is 1.95. The van der Waals surface area contributed by atoms with Crippen LogP contribution in [0.2, 0.25) is 0 Å². The van der Waals surface area contributed by atoms with E-state index in [0.29, 0.717) is 18.3 Å². The molecule has 0 spiro atoms. The van der Waals surface area contributed by atoms with Gasteiger partial charge in [-0.2, -0.15) is 0 Å². The van der Waals surface area contributed by atoms with Gasteiger partial charge in [0.15, 0.2) is 0 Å². The van der Waals surface area contributed by atoms with Crippen LogP contribution < -0.4 is 4.74 Å². The smallest absolute Gasteiger partial charge is 0.328 e. The highest BCUT2D eigenvalue weighted by Gasteiger charge is 2.04. The van der Waals surface area contributed by atoms with Crippen molar-refractivity contribution in [2.75, 3.05) is 6.61 Å². The second kappa shape index (κ2) is 6.45. The maximum absolute atomic E-state index is 10.5. The topological polar surface area (TPSA) is 46.5 Å². The fourth-order valence-electron chi connectivity index (χ4n) is 1.20. The van der Waals surface area contributed by atoms with Crippen LogP contribution in [0.15, 0.2) is 28.7 Å². The summed E-state index contributed by atoms with van der Waals surface area (Å²) in [6.07, 6.45) is 2.63. The van der Waals surface area contributed by atoms with E-state index in [-0.39, 0.29) is 0 Å². The van der Waals surface area contributed by atoms with Crippen LogP contribution in [0, 0.1) is 5.92 Å². The van der Waals surface area contributed by atoms with E-state index in [4.69, 9.17) is 9.84 Å². The van der Waals surface area contributed by atoms with Crippen molar-refractivity contribution < 1.29 is 14.6 Å². The molecule has 1 aromatic carbocycles. The quantitative estimate of drug-likeness (QED) is 0.845. The lowest BCUT2D eigenvalue weighted by atomic mass is 10.2. The molecule has 0 fully saturated rings. The first-order chi connectivity index (χ1) is 7.99. The Balaban J connectivity index is 2.91. The number of carboxylic acids is 1. The lowest BCUT2D eigenvalue weighted by Gasteiger charge is -2.11. The SMILES string of the molecule is CC(C)COc1ccc(Br)cc1/C=C\C(=O)O. The molecule has 3 nitrogen and oxygen atoms in total. The van der Waals surface area contributed by atoms with Crippen molar-refractivity contribution in [1.29, 1.82) is 0 Å². The van der Waals surface area contributed by atoms with Crippen molar-refractivity contribution >= 4 is 28.0 Å². The zero-order chi connectivity index (χ0) is 12.8. The van der Waals surface area contributed by atoms with E-state index in [1.54, 1.807) is 0 Å². The lowest BCUT2D eigenvalue weighted by molar-refractivity contribution is -0.131. The minimum Gasteiger partial charge on any atom is -0.493 e. The lowest BCUT2D eigenvalue weighted by Crippen LogP contribution is -2.05. The molecular formula is C13H15BrO3. The normalized spacial score (nSPS) is 11.1. The molecule has 0 aliphatic carbocycles. The molecule has 0 saturated carbocycles. The highest BCUT2D eigenvalue weighted by atomic mass is 79.9. The zero-order valence-electron chi connectivity index (χ0n) is 9.81. The van der Waals surface area contributed by atoms with Gasteiger partial charge in [-0.1, -0.05) is 29.8 Å². The monoisotopic (exact) mass is 298 g/mol. The van der Waals surface area contributed by atoms with Crippen molar-refractivity contribution in [3.8, 4) is 5.75 Å². The minimum absolute atomic E-state index is 0.426. The number of benzene rings is 1. The van der Waals surface area contributed by atoms with Gasteiger partial charge in [0.1, 0.15) is 5.75 Å². The fourth-order valence-corrected chi connectivity index (χ4v) is 1.58. The Hall–Kier alpha value is -1.29. The van der Waals surface area contributed by atoms with Gasteiger partial charge in [-0.3, -0.25) is 0 Å². The third-order valence-corrected chi connectivity index (χ3v) is 2.44. The summed E-state index contributed by atoms with van der Waals surface area (Å²) in [7, 11) is 0. The van der Waals surface area contributed by atoms with Gasteiger partial charge in [0, 0.05) is 16.1 Å². The molecule has 0 unspecified atom stereocenters. The zero-order valence-corrected chi connectivity index (χ0v) is 11.4. The average molecular weight is 299 g/mol. The van der Waals surface area contributed by atoms with Crippen LogP contribution in [0.4, 0.5) is 0 Å². The van der Waals surface area contributed by atoms with Crippen LogP contribution in [-0.4, -0.2) is 17.7 Å². The first-order valence-corrected chi connectivity index (χ1v) is 6.11. The molecule has 1 rings (SSSR count). The molecule has 4 heteroatoms. The van der Waals surface area contributed by atoms with E-state index in [2.05, 4.69) is 29.8 Å². The van der Waals surface area contributed by atoms with Gasteiger partial charge >= 0.3 is 5.97 Å². The van der Waals surface area contributed by atoms with Gasteiger partial charge in [-0.15, -0.1) is 0 Å². The highest BCUT2D eigenvalue weighted by molar-refractivity contribution is 9.10. The van der Waals surface area contributed by atoms with Crippen molar-refractivity contribution in [2.24, 2.45) is 5.92 Å². The van der Waals surface area contributed by atoms with Crippen LogP contribution in [0.1, 0.15) is 19.4 Å². The van der Waals surface area contributed by atoms with Crippen molar-refractivity contribution in [3.63, 3.8) is 0 Å². The Kier molecular flexibility index (Phi) is 5.22. The van der Waals surface area contributed by atoms with Gasteiger partial charge in [-0.25, -0.2) is 4.79 Å². The summed E-state index contributed by atoms with van der Waals surface area (Å²) in [6, 6.07) is 5.52. The second-order valence-corrected chi connectivity index (χ2v) is 4.97. The molecule has 0 heterocycles. The van der Waals surface area contributed by atoms with Crippen molar-refractivity contribution in [3.05, 3.63) is 34.3 Å². The number of hydrogen-bond acceptors (Lipinski definition) is 2. The molecule has 0 saturated heterocycles. The average Bonchev–Trinajstić information content (AvgIpc) is 2.24. The van der Waals surface area contributed by atoms with Crippen LogP contribution in [0.5, 0.6) is 5.75 Å². The molecule has 1 N–H and O–H groups in total. The van der Waals surface area contributed by atoms with Crippen molar-refractivity contribution in [2.45, 2.75) is 13.8 Å². The largest absolute Gasteiger partial charge is 0.493 e. The molecular weight excluding hydrogens is 284 g/mol. The molecule has 0 aromatic heterocycles. The maximum Gasteiger partial charge on any atom is 0.328 e. The molecule has 0 aliphatic rings. The van der Waals surface area contributed by atoms with Crippen LogP contribution >= 0.6 is 15.9 Å². The Bertz CT molecular complexity index is 425. The Morgan fingerprint density at radius 3 is 2.82 bits per heavy atom. The first-order valence-electron chi connectivity index (χ1n) is 5.32. The van der Waals surface area contributed by atoms with Crippen LogP contribution in [0.3, 0.4) is 0 Å². The number of hydrogen-bond donors (Lipinski definition) is 1. The Morgan fingerprint density at radius 2 is 2.24 bits per heavy atom. The molecule has 92 valence electrons. The Morgan fingerprint density at radius 1 is 1.53 bits per heavy atom. The van der Waals surface area contributed by atoms with E-state index >= 15 is 0 Å². The number of carboxylic acid groups (broad SMARTS) is 1. The van der Waals surface area contributed by atoms with Gasteiger partial charge in [-0.05, 0) is 30.2 Å². The van der Waals surface area contributed by atoms with E-state index in [9.17, 15) is 4.79 Å². The predicted octanol–water partition coefficient (Wildman–Crippen LogP) is 3.58. The number of halogens is 1. The maximum atomic E-state index is 10.5. The standard InChI is InChI=1S/C13H15BrO3/c1-9(2)8-17-12-5-4-11(14)7-10(12)3-6-13(15)16/h3-7,9H,8H2,1-2H3,(H,15,16)/b6-3-. The molecule has 17 heavy (non-hydrogen) atoms. The summed E-state index contributed by atoms with van der Waals surface area (Å²) in [5.41, 5.74) is 0.752. The van der Waals surface area contributed by atoms with Crippen molar-refractivity contribution in [1.82, 2.24) is 0 Å². The molecule has 0 radical (unpaired) electrons. The molecule has 0 aliphatic heterocycles. The molecule has 1 aromatic rings. The Labute approximate surface area is 109 Å². The van der Waals surface area contributed by atoms with Crippen LogP contribution in [0.25, 0.3) is 6.08 Å². The number of rotatable bonds is 5. The summed E-state index contributed by atoms with van der Waals surface area (Å²) in [5, 5.41) is 8.61. The number of aliphatic carboxylic acids is 1. The summed E-state index contributed by atoms with van der Waals surface area (Å²) in [5.74, 6) is 0.147. The minimum atomic E-state index is -0.972. The van der Waals surface area contributed by atoms with Gasteiger partial charge < -0.3 is 9.84 Å². The molecule has 0 amide bonds. The second-order valence-electron chi connectivity index (χ2n) is 4.06.